The SMILES string of the molecule is CCCc1nc(N)c(C)c(NCC2(CCOC)CC2)n1. The van der Waals surface area contributed by atoms with Gasteiger partial charge < -0.3 is 15.8 Å². The van der Waals surface area contributed by atoms with E-state index in [0.29, 0.717) is 11.2 Å². The highest BCUT2D eigenvalue weighted by Crippen LogP contribution is 2.48. The van der Waals surface area contributed by atoms with Crippen molar-refractivity contribution >= 4 is 11.6 Å². The summed E-state index contributed by atoms with van der Waals surface area (Å²) in [6.45, 7) is 5.87. The molecule has 20 heavy (non-hydrogen) atoms. The van der Waals surface area contributed by atoms with E-state index in [2.05, 4.69) is 22.2 Å². The number of nitrogens with zero attached hydrogens (tertiary/aromatic N) is 2. The molecule has 0 spiro atoms. The summed E-state index contributed by atoms with van der Waals surface area (Å²) in [5.41, 5.74) is 7.32. The summed E-state index contributed by atoms with van der Waals surface area (Å²) in [6.07, 6.45) is 5.54. The molecule has 112 valence electrons. The van der Waals surface area contributed by atoms with Crippen LogP contribution in [0.15, 0.2) is 0 Å². The average Bonchev–Trinajstić information content (AvgIpc) is 3.20. The van der Waals surface area contributed by atoms with Crippen molar-refractivity contribution in [1.29, 1.82) is 0 Å². The third-order valence-electron chi connectivity index (χ3n) is 4.13. The molecule has 0 amide bonds. The number of hydrogen-bond donors (Lipinski definition) is 2. The Morgan fingerprint density at radius 2 is 2.10 bits per heavy atom. The third-order valence-corrected chi connectivity index (χ3v) is 4.13. The van der Waals surface area contributed by atoms with Crippen molar-refractivity contribution in [1.82, 2.24) is 9.97 Å². The number of rotatable bonds is 8. The lowest BCUT2D eigenvalue weighted by molar-refractivity contribution is 0.175. The first-order valence-electron chi connectivity index (χ1n) is 7.46. The van der Waals surface area contributed by atoms with E-state index < -0.39 is 0 Å². The molecule has 1 aromatic rings. The molecule has 5 nitrogen and oxygen atoms in total. The Labute approximate surface area is 121 Å². The zero-order valence-electron chi connectivity index (χ0n) is 12.8. The van der Waals surface area contributed by atoms with Gasteiger partial charge in [-0.15, -0.1) is 0 Å². The first-order valence-corrected chi connectivity index (χ1v) is 7.46. The minimum atomic E-state index is 0.396. The van der Waals surface area contributed by atoms with Crippen LogP contribution < -0.4 is 11.1 Å². The van der Waals surface area contributed by atoms with Crippen LogP contribution in [-0.2, 0) is 11.2 Å². The lowest BCUT2D eigenvalue weighted by Crippen LogP contribution is -2.19. The highest BCUT2D eigenvalue weighted by Gasteiger charge is 2.41. The first-order chi connectivity index (χ1) is 9.60. The van der Waals surface area contributed by atoms with Gasteiger partial charge in [0.05, 0.1) is 0 Å². The number of nitrogens with two attached hydrogens (primary N) is 1. The van der Waals surface area contributed by atoms with Crippen molar-refractivity contribution in [3.8, 4) is 0 Å². The second-order valence-corrected chi connectivity index (χ2v) is 5.85. The maximum Gasteiger partial charge on any atom is 0.134 e. The van der Waals surface area contributed by atoms with E-state index in [0.717, 1.165) is 49.6 Å². The van der Waals surface area contributed by atoms with Crippen LogP contribution in [-0.4, -0.2) is 30.2 Å². The number of aromatic nitrogens is 2. The summed E-state index contributed by atoms with van der Waals surface area (Å²) in [4.78, 5) is 8.94. The van der Waals surface area contributed by atoms with Gasteiger partial charge in [0.2, 0.25) is 0 Å². The van der Waals surface area contributed by atoms with Gasteiger partial charge in [0, 0.05) is 32.2 Å². The highest BCUT2D eigenvalue weighted by molar-refractivity contribution is 5.55. The summed E-state index contributed by atoms with van der Waals surface area (Å²) in [7, 11) is 1.76. The number of nitrogens with one attached hydrogen (secondary N) is 1. The minimum absolute atomic E-state index is 0.396. The van der Waals surface area contributed by atoms with Crippen molar-refractivity contribution in [2.75, 3.05) is 31.3 Å². The maximum atomic E-state index is 5.98. The van der Waals surface area contributed by atoms with Gasteiger partial charge in [0.15, 0.2) is 0 Å². The quantitative estimate of drug-likeness (QED) is 0.764. The molecule has 1 fully saturated rings. The second-order valence-electron chi connectivity index (χ2n) is 5.85. The van der Waals surface area contributed by atoms with E-state index >= 15 is 0 Å². The molecule has 1 aromatic heterocycles. The number of anilines is 2. The Bertz CT molecular complexity index is 457. The van der Waals surface area contributed by atoms with E-state index in [-0.39, 0.29) is 0 Å². The first kappa shape index (κ1) is 15.0. The molecule has 0 unspecified atom stereocenters. The van der Waals surface area contributed by atoms with Gasteiger partial charge in [-0.05, 0) is 38.0 Å². The fourth-order valence-electron chi connectivity index (χ4n) is 2.37. The Morgan fingerprint density at radius 3 is 2.70 bits per heavy atom. The largest absolute Gasteiger partial charge is 0.385 e. The number of nitrogen functional groups attached to an aromatic ring is 1. The number of methoxy groups -OCH3 is 1. The van der Waals surface area contributed by atoms with Gasteiger partial charge in [0.25, 0.3) is 0 Å². The minimum Gasteiger partial charge on any atom is -0.385 e. The summed E-state index contributed by atoms with van der Waals surface area (Å²) in [6, 6.07) is 0. The fraction of sp³-hybridized carbons (Fsp3) is 0.733. The smallest absolute Gasteiger partial charge is 0.134 e. The normalized spacial score (nSPS) is 16.1. The molecule has 5 heteroatoms. The number of hydrogen-bond acceptors (Lipinski definition) is 5. The van der Waals surface area contributed by atoms with Crippen LogP contribution in [0.4, 0.5) is 11.6 Å². The predicted octanol–water partition coefficient (Wildman–Crippen LogP) is 2.55. The molecule has 0 aromatic carbocycles. The summed E-state index contributed by atoms with van der Waals surface area (Å²) >= 11 is 0. The molecule has 1 saturated carbocycles. The lowest BCUT2D eigenvalue weighted by atomic mass is 10.0. The van der Waals surface area contributed by atoms with Crippen LogP contribution in [0.25, 0.3) is 0 Å². The highest BCUT2D eigenvalue weighted by atomic mass is 16.5. The van der Waals surface area contributed by atoms with Crippen LogP contribution in [0.5, 0.6) is 0 Å². The zero-order valence-corrected chi connectivity index (χ0v) is 12.8. The van der Waals surface area contributed by atoms with E-state index in [4.69, 9.17) is 10.5 Å². The van der Waals surface area contributed by atoms with Gasteiger partial charge in [-0.3, -0.25) is 0 Å². The van der Waals surface area contributed by atoms with Crippen LogP contribution in [0, 0.1) is 12.3 Å². The molecule has 0 bridgehead atoms. The van der Waals surface area contributed by atoms with Crippen molar-refractivity contribution in [3.05, 3.63) is 11.4 Å². The molecule has 0 saturated heterocycles. The van der Waals surface area contributed by atoms with Crippen LogP contribution in [0.2, 0.25) is 0 Å². The Hall–Kier alpha value is -1.36. The summed E-state index contributed by atoms with van der Waals surface area (Å²) in [5.74, 6) is 2.32. The monoisotopic (exact) mass is 278 g/mol. The van der Waals surface area contributed by atoms with Gasteiger partial charge in [-0.25, -0.2) is 9.97 Å². The molecule has 1 aliphatic rings. The van der Waals surface area contributed by atoms with Crippen molar-refractivity contribution in [3.63, 3.8) is 0 Å². The predicted molar refractivity (Wildman–Crippen MR) is 81.8 cm³/mol. The van der Waals surface area contributed by atoms with E-state index in [1.54, 1.807) is 7.11 Å². The molecule has 1 heterocycles. The Balaban J connectivity index is 2.01. The molecule has 0 radical (unpaired) electrons. The molecule has 1 aliphatic carbocycles. The van der Waals surface area contributed by atoms with Crippen LogP contribution in [0.1, 0.15) is 44.0 Å². The van der Waals surface area contributed by atoms with Gasteiger partial charge in [-0.1, -0.05) is 6.92 Å². The average molecular weight is 278 g/mol. The van der Waals surface area contributed by atoms with Gasteiger partial charge in [0.1, 0.15) is 17.5 Å². The summed E-state index contributed by atoms with van der Waals surface area (Å²) in [5, 5.41) is 3.48. The second kappa shape index (κ2) is 6.39. The Kier molecular flexibility index (Phi) is 4.81. The lowest BCUT2D eigenvalue weighted by Gasteiger charge is -2.18. The van der Waals surface area contributed by atoms with E-state index in [9.17, 15) is 0 Å². The van der Waals surface area contributed by atoms with Crippen LogP contribution >= 0.6 is 0 Å². The molecular weight excluding hydrogens is 252 g/mol. The van der Waals surface area contributed by atoms with Gasteiger partial charge in [-0.2, -0.15) is 0 Å². The van der Waals surface area contributed by atoms with E-state index in [1.165, 1.54) is 12.8 Å². The van der Waals surface area contributed by atoms with Crippen LogP contribution in [0.3, 0.4) is 0 Å². The fourth-order valence-corrected chi connectivity index (χ4v) is 2.37. The van der Waals surface area contributed by atoms with Gasteiger partial charge >= 0.3 is 0 Å². The number of aryl methyl sites for hydroxylation is 1. The molecule has 3 N–H and O–H groups in total. The Morgan fingerprint density at radius 1 is 1.35 bits per heavy atom. The van der Waals surface area contributed by atoms with E-state index in [1.807, 2.05) is 6.92 Å². The standard InChI is InChI=1S/C15H26N4O/c1-4-5-12-18-13(16)11(2)14(19-12)17-10-15(6-7-15)8-9-20-3/h4-10H2,1-3H3,(H3,16,17,18,19). The molecule has 0 atom stereocenters. The topological polar surface area (TPSA) is 73.1 Å². The maximum absolute atomic E-state index is 5.98. The van der Waals surface area contributed by atoms with Crippen molar-refractivity contribution in [2.24, 2.45) is 5.41 Å². The summed E-state index contributed by atoms with van der Waals surface area (Å²) < 4.78 is 5.19. The number of ether oxygens (including phenoxy) is 1. The van der Waals surface area contributed by atoms with Crippen molar-refractivity contribution < 1.29 is 4.74 Å². The third kappa shape index (κ3) is 3.60. The zero-order chi connectivity index (χ0) is 14.6. The molecule has 0 aliphatic heterocycles. The molecule has 2 rings (SSSR count). The molecular formula is C15H26N4O. The van der Waals surface area contributed by atoms with Crippen molar-refractivity contribution in [2.45, 2.75) is 46.0 Å².